The van der Waals surface area contributed by atoms with Crippen LogP contribution in [-0.4, -0.2) is 18.8 Å². The number of phenolic OH excluding ortho intramolecular Hbond substituents is 1. The van der Waals surface area contributed by atoms with Gasteiger partial charge in [-0.2, -0.15) is 0 Å². The Morgan fingerprint density at radius 3 is 2.22 bits per heavy atom. The molecular formula is C21H19N3O3. The lowest BCUT2D eigenvalue weighted by Crippen LogP contribution is -2.36. The normalized spacial score (nSPS) is 11.2. The lowest BCUT2D eigenvalue weighted by Gasteiger charge is -2.12. The molecule has 0 aliphatic rings. The maximum Gasteiger partial charge on any atom is 0.330 e. The summed E-state index contributed by atoms with van der Waals surface area (Å²) in [6, 6.07) is 14.6. The first-order valence-electron chi connectivity index (χ1n) is 8.56. The average Bonchev–Trinajstić information content (AvgIpc) is 3.06. The van der Waals surface area contributed by atoms with E-state index in [4.69, 9.17) is 0 Å². The van der Waals surface area contributed by atoms with Crippen LogP contribution in [0.1, 0.15) is 5.56 Å². The zero-order chi connectivity index (χ0) is 19.3. The van der Waals surface area contributed by atoms with Crippen molar-refractivity contribution in [2.75, 3.05) is 0 Å². The van der Waals surface area contributed by atoms with Gasteiger partial charge in [0, 0.05) is 31.5 Å². The Bertz CT molecular complexity index is 1290. The van der Waals surface area contributed by atoms with E-state index < -0.39 is 0 Å². The minimum atomic E-state index is -0.369. The summed E-state index contributed by atoms with van der Waals surface area (Å²) < 4.78 is 4.51. The maximum absolute atomic E-state index is 13.0. The highest BCUT2D eigenvalue weighted by Crippen LogP contribution is 2.33. The van der Waals surface area contributed by atoms with Crippen LogP contribution in [-0.2, 0) is 14.1 Å². The van der Waals surface area contributed by atoms with E-state index in [0.717, 1.165) is 27.1 Å². The average molecular weight is 361 g/mol. The summed E-state index contributed by atoms with van der Waals surface area (Å²) in [5.41, 5.74) is 3.32. The van der Waals surface area contributed by atoms with Crippen LogP contribution in [0.5, 0.6) is 5.75 Å². The zero-order valence-corrected chi connectivity index (χ0v) is 15.3. The molecule has 2 heterocycles. The van der Waals surface area contributed by atoms with Crippen LogP contribution in [0.3, 0.4) is 0 Å². The van der Waals surface area contributed by atoms with Gasteiger partial charge in [-0.25, -0.2) is 4.79 Å². The van der Waals surface area contributed by atoms with Gasteiger partial charge in [-0.15, -0.1) is 0 Å². The standard InChI is InChI=1S/C21H19N3O3/c1-13-6-4-5-7-16(13)19-18-17(22(2)21(27)23(3)20(18)26)12-24(19)14-8-10-15(25)11-9-14/h4-12,25H,1-3H3. The van der Waals surface area contributed by atoms with E-state index in [0.29, 0.717) is 10.9 Å². The Morgan fingerprint density at radius 2 is 1.56 bits per heavy atom. The predicted octanol–water partition coefficient (Wildman–Crippen LogP) is 2.71. The minimum absolute atomic E-state index is 0.163. The smallest absolute Gasteiger partial charge is 0.330 e. The highest BCUT2D eigenvalue weighted by Gasteiger charge is 2.21. The third kappa shape index (κ3) is 2.49. The van der Waals surface area contributed by atoms with Crippen molar-refractivity contribution in [1.82, 2.24) is 13.7 Å². The van der Waals surface area contributed by atoms with Crippen LogP contribution < -0.4 is 11.2 Å². The van der Waals surface area contributed by atoms with Gasteiger partial charge in [-0.3, -0.25) is 13.9 Å². The van der Waals surface area contributed by atoms with Crippen molar-refractivity contribution in [3.05, 3.63) is 81.1 Å². The fraction of sp³-hybridized carbons (Fsp3) is 0.143. The predicted molar refractivity (Wildman–Crippen MR) is 106 cm³/mol. The van der Waals surface area contributed by atoms with E-state index in [2.05, 4.69) is 0 Å². The van der Waals surface area contributed by atoms with E-state index in [9.17, 15) is 14.7 Å². The number of aromatic nitrogens is 3. The molecular weight excluding hydrogens is 342 g/mol. The molecule has 2 aromatic heterocycles. The monoisotopic (exact) mass is 361 g/mol. The Labute approximate surface area is 155 Å². The van der Waals surface area contributed by atoms with E-state index in [1.807, 2.05) is 35.8 Å². The quantitative estimate of drug-likeness (QED) is 0.597. The molecule has 0 fully saturated rings. The second-order valence-corrected chi connectivity index (χ2v) is 6.65. The number of phenols is 1. The summed E-state index contributed by atoms with van der Waals surface area (Å²) in [4.78, 5) is 25.4. The molecule has 0 unspecified atom stereocenters. The number of aromatic hydroxyl groups is 1. The van der Waals surface area contributed by atoms with Crippen LogP contribution in [0, 0.1) is 6.92 Å². The van der Waals surface area contributed by atoms with E-state index >= 15 is 0 Å². The molecule has 0 saturated carbocycles. The second-order valence-electron chi connectivity index (χ2n) is 6.65. The minimum Gasteiger partial charge on any atom is -0.508 e. The molecule has 0 radical (unpaired) electrons. The molecule has 4 aromatic rings. The van der Waals surface area contributed by atoms with Crippen molar-refractivity contribution in [1.29, 1.82) is 0 Å². The van der Waals surface area contributed by atoms with Gasteiger partial charge in [0.2, 0.25) is 0 Å². The van der Waals surface area contributed by atoms with E-state index in [1.165, 1.54) is 11.6 Å². The Kier molecular flexibility index (Phi) is 3.77. The summed E-state index contributed by atoms with van der Waals surface area (Å²) in [6.45, 7) is 1.99. The van der Waals surface area contributed by atoms with Crippen LogP contribution >= 0.6 is 0 Å². The summed E-state index contributed by atoms with van der Waals surface area (Å²) in [7, 11) is 3.15. The van der Waals surface area contributed by atoms with Gasteiger partial charge in [0.1, 0.15) is 5.75 Å². The lowest BCUT2D eigenvalue weighted by atomic mass is 10.0. The number of aryl methyl sites for hydroxylation is 2. The van der Waals surface area contributed by atoms with Gasteiger partial charge < -0.3 is 9.67 Å². The summed E-state index contributed by atoms with van der Waals surface area (Å²) in [5, 5.41) is 10.1. The molecule has 1 N–H and O–H groups in total. The van der Waals surface area contributed by atoms with Crippen molar-refractivity contribution in [2.24, 2.45) is 14.1 Å². The van der Waals surface area contributed by atoms with Crippen molar-refractivity contribution in [2.45, 2.75) is 6.92 Å². The van der Waals surface area contributed by atoms with Gasteiger partial charge in [-0.05, 0) is 36.8 Å². The number of rotatable bonds is 2. The highest BCUT2D eigenvalue weighted by molar-refractivity contribution is 5.95. The molecule has 0 amide bonds. The molecule has 136 valence electrons. The Morgan fingerprint density at radius 1 is 0.889 bits per heavy atom. The summed E-state index contributed by atoms with van der Waals surface area (Å²) in [6.07, 6.45) is 1.80. The molecule has 0 aliphatic heterocycles. The molecule has 4 rings (SSSR count). The topological polar surface area (TPSA) is 69.2 Å². The number of fused-ring (bicyclic) bond motifs is 1. The number of nitrogens with zero attached hydrogens (tertiary/aromatic N) is 3. The van der Waals surface area contributed by atoms with Crippen LogP contribution in [0.25, 0.3) is 27.8 Å². The fourth-order valence-electron chi connectivity index (χ4n) is 3.46. The van der Waals surface area contributed by atoms with Crippen LogP contribution in [0.15, 0.2) is 64.3 Å². The third-order valence-electron chi connectivity index (χ3n) is 4.97. The molecule has 6 heteroatoms. The number of hydrogen-bond donors (Lipinski definition) is 1. The molecule has 0 aliphatic carbocycles. The Hall–Kier alpha value is -3.54. The summed E-state index contributed by atoms with van der Waals surface area (Å²) >= 11 is 0. The van der Waals surface area contributed by atoms with E-state index in [1.54, 1.807) is 37.5 Å². The van der Waals surface area contributed by atoms with Crippen molar-refractivity contribution in [3.63, 3.8) is 0 Å². The van der Waals surface area contributed by atoms with Gasteiger partial charge in [0.25, 0.3) is 5.56 Å². The molecule has 0 spiro atoms. The first-order chi connectivity index (χ1) is 12.9. The van der Waals surface area contributed by atoms with E-state index in [-0.39, 0.29) is 17.0 Å². The Balaban J connectivity index is 2.23. The number of hydrogen-bond acceptors (Lipinski definition) is 3. The second kappa shape index (κ2) is 6.02. The third-order valence-corrected chi connectivity index (χ3v) is 4.97. The highest BCUT2D eigenvalue weighted by atomic mass is 16.3. The first-order valence-corrected chi connectivity index (χ1v) is 8.56. The molecule has 2 aromatic carbocycles. The van der Waals surface area contributed by atoms with Gasteiger partial charge in [0.05, 0.1) is 16.6 Å². The molecule has 0 saturated heterocycles. The molecule has 27 heavy (non-hydrogen) atoms. The van der Waals surface area contributed by atoms with Gasteiger partial charge >= 0.3 is 5.69 Å². The molecule has 6 nitrogen and oxygen atoms in total. The maximum atomic E-state index is 13.0. The largest absolute Gasteiger partial charge is 0.508 e. The van der Waals surface area contributed by atoms with Crippen LogP contribution in [0.2, 0.25) is 0 Å². The molecule has 0 bridgehead atoms. The summed E-state index contributed by atoms with van der Waals surface area (Å²) in [5.74, 6) is 0.163. The molecule has 0 atom stereocenters. The van der Waals surface area contributed by atoms with Gasteiger partial charge in [-0.1, -0.05) is 24.3 Å². The van der Waals surface area contributed by atoms with Gasteiger partial charge in [0.15, 0.2) is 0 Å². The zero-order valence-electron chi connectivity index (χ0n) is 15.3. The van der Waals surface area contributed by atoms with Crippen LogP contribution in [0.4, 0.5) is 0 Å². The fourth-order valence-corrected chi connectivity index (χ4v) is 3.46. The first kappa shape index (κ1) is 16.9. The van der Waals surface area contributed by atoms with Crippen molar-refractivity contribution in [3.8, 4) is 22.7 Å². The SMILES string of the molecule is Cc1ccccc1-c1c2c(=O)n(C)c(=O)n(C)c2cn1-c1ccc(O)cc1. The van der Waals surface area contributed by atoms with Crippen molar-refractivity contribution >= 4 is 10.9 Å². The van der Waals surface area contributed by atoms with Crippen molar-refractivity contribution < 1.29 is 5.11 Å². The lowest BCUT2D eigenvalue weighted by molar-refractivity contribution is 0.475. The number of benzene rings is 2.